The third-order valence-corrected chi connectivity index (χ3v) is 0.914. The molecule has 0 atom stereocenters. The van der Waals surface area contributed by atoms with Gasteiger partial charge in [-0.1, -0.05) is 0 Å². The molecule has 0 aliphatic carbocycles. The maximum Gasteiger partial charge on any atom is 0 e. The Hall–Kier alpha value is -0.951. The molecule has 1 aromatic rings. The van der Waals surface area contributed by atoms with Crippen molar-refractivity contribution in [2.24, 2.45) is 0 Å². The molecular weight excluding hydrogens is 227 g/mol. The number of hydrogen-bond donors (Lipinski definition) is 1. The first kappa shape index (κ1) is 23.1. The van der Waals surface area contributed by atoms with Crippen LogP contribution in [0.15, 0.2) is 24.3 Å². The van der Waals surface area contributed by atoms with E-state index in [1.54, 1.807) is 0 Å². The summed E-state index contributed by atoms with van der Waals surface area (Å²) in [6.07, 6.45) is 0. The van der Waals surface area contributed by atoms with Crippen molar-refractivity contribution in [2.45, 2.75) is 6.61 Å². The molecule has 0 aliphatic heterocycles. The Morgan fingerprint density at radius 1 is 1.14 bits per heavy atom. The molecule has 1 rings (SSSR count). The average molecular weight is 234 g/mol. The van der Waals surface area contributed by atoms with Crippen molar-refractivity contribution in [2.75, 3.05) is 0 Å². The Bertz CT molecular complexity index is 208. The van der Waals surface area contributed by atoms with Crippen molar-refractivity contribution in [3.8, 4) is 0 Å². The second-order valence-electron chi connectivity index (χ2n) is 1.45. The molecule has 0 unspecified atom stereocenters. The Morgan fingerprint density at radius 2 is 1.57 bits per heavy atom. The summed E-state index contributed by atoms with van der Waals surface area (Å²) in [5.74, 6) is 0. The van der Waals surface area contributed by atoms with Gasteiger partial charge in [-0.15, -0.1) is 0 Å². The molecule has 0 heterocycles. The Morgan fingerprint density at radius 3 is 1.71 bits per heavy atom. The smallest absolute Gasteiger partial charge is 0 e. The van der Waals surface area contributed by atoms with Gasteiger partial charge in [-0.25, -0.2) is 6.07 Å². The fraction of sp³-hybridized carbons (Fsp3) is 0.111. The average Bonchev–Trinajstić information content (AvgIpc) is 2.79. The van der Waals surface area contributed by atoms with Gasteiger partial charge in [-0.05, 0) is 0 Å². The molecule has 4 nitrogen and oxygen atoms in total. The molecule has 0 amide bonds. The van der Waals surface area contributed by atoms with Crippen molar-refractivity contribution in [1.29, 1.82) is 0 Å². The van der Waals surface area contributed by atoms with E-state index in [4.69, 9.17) is 19.1 Å². The van der Waals surface area contributed by atoms with Crippen LogP contribution in [0.1, 0.15) is 5.56 Å². The van der Waals surface area contributed by atoms with Crippen LogP contribution >= 0.6 is 0 Å². The van der Waals surface area contributed by atoms with Crippen molar-refractivity contribution < 1.29 is 36.1 Å². The SMILES string of the molecule is OCc1cc[cH-]c1.[C-]#[O+].[C-]#[O+].[C-]#[O+].[Mn]. The number of rotatable bonds is 1. The molecule has 0 bridgehead atoms. The molecule has 0 aliphatic rings. The molecule has 1 aromatic carbocycles. The monoisotopic (exact) mass is 234 g/mol. The number of hydrogen-bond acceptors (Lipinski definition) is 1. The Balaban J connectivity index is -0.0000000625. The van der Waals surface area contributed by atoms with Crippen LogP contribution < -0.4 is 0 Å². The van der Waals surface area contributed by atoms with E-state index < -0.39 is 0 Å². The second-order valence-corrected chi connectivity index (χ2v) is 1.45. The molecule has 0 spiro atoms. The van der Waals surface area contributed by atoms with Crippen LogP contribution in [0.25, 0.3) is 0 Å². The maximum absolute atomic E-state index is 8.43. The largest absolute Gasteiger partial charge is 0 e. The molecule has 0 aromatic heterocycles. The minimum atomic E-state index is 0. The molecule has 1 N–H and O–H groups in total. The van der Waals surface area contributed by atoms with E-state index in [9.17, 15) is 0 Å². The van der Waals surface area contributed by atoms with E-state index in [1.165, 1.54) is 0 Å². The number of aliphatic hydroxyl groups is 1. The van der Waals surface area contributed by atoms with E-state index in [0.717, 1.165) is 5.56 Å². The molecular formula is C9H7MnO4-. The second kappa shape index (κ2) is 29.6. The van der Waals surface area contributed by atoms with Gasteiger partial charge >= 0.3 is 33.9 Å². The van der Waals surface area contributed by atoms with Gasteiger partial charge in [0.1, 0.15) is 0 Å². The van der Waals surface area contributed by atoms with Crippen LogP contribution in [0.4, 0.5) is 0 Å². The summed E-state index contributed by atoms with van der Waals surface area (Å²) >= 11 is 0. The van der Waals surface area contributed by atoms with Crippen LogP contribution in [0.3, 0.4) is 0 Å². The summed E-state index contributed by atoms with van der Waals surface area (Å²) in [5, 5.41) is 8.43. The fourth-order valence-corrected chi connectivity index (χ4v) is 0.519. The maximum atomic E-state index is 8.43. The van der Waals surface area contributed by atoms with E-state index >= 15 is 0 Å². The van der Waals surface area contributed by atoms with E-state index in [0.29, 0.717) is 0 Å². The third-order valence-electron chi connectivity index (χ3n) is 0.914. The normalized spacial score (nSPS) is 5.07. The summed E-state index contributed by atoms with van der Waals surface area (Å²) in [5.41, 5.74) is 0.986. The topological polar surface area (TPSA) is 79.9 Å². The van der Waals surface area contributed by atoms with Gasteiger partial charge in [0, 0.05) is 23.7 Å². The van der Waals surface area contributed by atoms with Crippen LogP contribution in [-0.2, 0) is 37.6 Å². The Labute approximate surface area is 92.9 Å². The molecule has 5 heteroatoms. The fourth-order valence-electron chi connectivity index (χ4n) is 0.519. The zero-order valence-corrected chi connectivity index (χ0v) is 8.25. The standard InChI is InChI=1S/C6H7O.3CO.Mn/c7-5-6-3-1-2-4-6;3*1-2;/h1-4,7H,5H2;;;;/q-1;;;;. The van der Waals surface area contributed by atoms with Crippen molar-refractivity contribution >= 4 is 0 Å². The molecule has 0 saturated carbocycles. The van der Waals surface area contributed by atoms with Gasteiger partial charge in [0.15, 0.2) is 0 Å². The summed E-state index contributed by atoms with van der Waals surface area (Å²) in [4.78, 5) is 0. The van der Waals surface area contributed by atoms with E-state index in [2.05, 4.69) is 20.0 Å². The van der Waals surface area contributed by atoms with Crippen LogP contribution in [0.2, 0.25) is 0 Å². The van der Waals surface area contributed by atoms with E-state index in [1.807, 2.05) is 24.3 Å². The number of aliphatic hydroxyl groups excluding tert-OH is 1. The molecule has 14 heavy (non-hydrogen) atoms. The predicted octanol–water partition coefficient (Wildman–Crippen LogP) is 0.783. The van der Waals surface area contributed by atoms with E-state index in [-0.39, 0.29) is 23.7 Å². The third kappa shape index (κ3) is 17.2. The minimum absolute atomic E-state index is 0. The summed E-state index contributed by atoms with van der Waals surface area (Å²) < 4.78 is 22.5. The molecule has 75 valence electrons. The predicted molar refractivity (Wildman–Crippen MR) is 39.7 cm³/mol. The first-order valence-corrected chi connectivity index (χ1v) is 2.86. The van der Waals surface area contributed by atoms with Crippen LogP contribution in [0.5, 0.6) is 0 Å². The van der Waals surface area contributed by atoms with Crippen LogP contribution in [0, 0.1) is 20.0 Å². The van der Waals surface area contributed by atoms with Gasteiger partial charge in [-0.2, -0.15) is 23.8 Å². The van der Waals surface area contributed by atoms with Crippen molar-refractivity contribution in [3.63, 3.8) is 0 Å². The Kier molecular flexibility index (Phi) is 48.9. The van der Waals surface area contributed by atoms with Crippen LogP contribution in [-0.4, -0.2) is 5.11 Å². The zero-order valence-electron chi connectivity index (χ0n) is 7.07. The van der Waals surface area contributed by atoms with Crippen molar-refractivity contribution in [3.05, 3.63) is 49.8 Å². The minimum Gasteiger partial charge on any atom is 0 e. The molecule has 1 radical (unpaired) electrons. The zero-order chi connectivity index (χ0) is 11.1. The quantitative estimate of drug-likeness (QED) is 0.435. The van der Waals surface area contributed by atoms with Gasteiger partial charge in [0.2, 0.25) is 0 Å². The van der Waals surface area contributed by atoms with Gasteiger partial charge in [0.05, 0.1) is 0 Å². The summed E-state index contributed by atoms with van der Waals surface area (Å²) in [6, 6.07) is 7.59. The van der Waals surface area contributed by atoms with Gasteiger partial charge in [0.25, 0.3) is 0 Å². The van der Waals surface area contributed by atoms with Crippen molar-refractivity contribution in [1.82, 2.24) is 0 Å². The first-order chi connectivity index (χ1) is 6.43. The molecule has 0 fully saturated rings. The van der Waals surface area contributed by atoms with Gasteiger partial charge in [-0.3, -0.25) is 0 Å². The summed E-state index contributed by atoms with van der Waals surface area (Å²) in [7, 11) is 0. The first-order valence-electron chi connectivity index (χ1n) is 2.86. The van der Waals surface area contributed by atoms with Gasteiger partial charge < -0.3 is 5.11 Å². The summed E-state index contributed by atoms with van der Waals surface area (Å²) in [6.45, 7) is 13.7. The molecule has 0 saturated heterocycles.